The van der Waals surface area contributed by atoms with Gasteiger partial charge in [0.1, 0.15) is 6.04 Å². The molecule has 1 aliphatic rings. The molecule has 1 saturated heterocycles. The topological polar surface area (TPSA) is 64.8 Å². The van der Waals surface area contributed by atoms with Crippen LogP contribution in [0.4, 0.5) is 0 Å². The lowest BCUT2D eigenvalue weighted by Gasteiger charge is -2.47. The first-order valence-corrected chi connectivity index (χ1v) is 6.50. The van der Waals surface area contributed by atoms with Gasteiger partial charge < -0.3 is 15.2 Å². The van der Waals surface area contributed by atoms with Gasteiger partial charge in [0.25, 0.3) is 0 Å². The Morgan fingerprint density at radius 2 is 1.83 bits per heavy atom. The van der Waals surface area contributed by atoms with E-state index in [9.17, 15) is 4.79 Å². The van der Waals surface area contributed by atoms with Crippen molar-refractivity contribution < 1.29 is 14.3 Å². The van der Waals surface area contributed by atoms with Gasteiger partial charge in [0.15, 0.2) is 0 Å². The lowest BCUT2D eigenvalue weighted by Crippen LogP contribution is -2.59. The molecule has 1 fully saturated rings. The Hall–Kier alpha value is -0.650. The summed E-state index contributed by atoms with van der Waals surface area (Å²) in [4.78, 5) is 13.7. The highest BCUT2D eigenvalue weighted by Crippen LogP contribution is 2.27. The smallest absolute Gasteiger partial charge is 0.324 e. The summed E-state index contributed by atoms with van der Waals surface area (Å²) in [5.41, 5.74) is 5.40. The van der Waals surface area contributed by atoms with Crippen LogP contribution in [0.25, 0.3) is 0 Å². The fraction of sp³-hybridized carbons (Fsp3) is 0.923. The van der Waals surface area contributed by atoms with Gasteiger partial charge in [-0.25, -0.2) is 0 Å². The number of morpholine rings is 1. The zero-order valence-corrected chi connectivity index (χ0v) is 12.2. The van der Waals surface area contributed by atoms with Crippen molar-refractivity contribution in [3.05, 3.63) is 0 Å². The molecule has 1 heterocycles. The van der Waals surface area contributed by atoms with Crippen LogP contribution in [-0.2, 0) is 14.3 Å². The van der Waals surface area contributed by atoms with Crippen molar-refractivity contribution in [2.75, 3.05) is 26.2 Å². The highest BCUT2D eigenvalue weighted by molar-refractivity contribution is 5.75. The number of nitrogens with zero attached hydrogens (tertiary/aromatic N) is 1. The van der Waals surface area contributed by atoms with Crippen LogP contribution in [0.2, 0.25) is 0 Å². The van der Waals surface area contributed by atoms with Gasteiger partial charge >= 0.3 is 5.97 Å². The van der Waals surface area contributed by atoms with E-state index in [4.69, 9.17) is 15.2 Å². The molecule has 1 rings (SSSR count). The van der Waals surface area contributed by atoms with E-state index in [0.717, 1.165) is 13.1 Å². The second kappa shape index (κ2) is 5.55. The first-order chi connectivity index (χ1) is 8.15. The number of rotatable bonds is 4. The average molecular weight is 258 g/mol. The van der Waals surface area contributed by atoms with E-state index >= 15 is 0 Å². The van der Waals surface area contributed by atoms with E-state index in [1.165, 1.54) is 0 Å². The molecule has 2 N–H and O–H groups in total. The standard InChI is InChI=1S/C13H26N2O3/c1-6-17-11(16)10(14)7-15-8-12(2,3)18-13(4,5)9-15/h10H,6-9,14H2,1-5H3. The van der Waals surface area contributed by atoms with Gasteiger partial charge in [-0.1, -0.05) is 0 Å². The molecule has 0 radical (unpaired) electrons. The zero-order valence-electron chi connectivity index (χ0n) is 12.2. The molecule has 18 heavy (non-hydrogen) atoms. The van der Waals surface area contributed by atoms with Crippen LogP contribution in [0, 0.1) is 0 Å². The Morgan fingerprint density at radius 1 is 1.33 bits per heavy atom. The summed E-state index contributed by atoms with van der Waals surface area (Å²) in [6.07, 6.45) is 0. The number of hydrogen-bond acceptors (Lipinski definition) is 5. The maximum atomic E-state index is 11.5. The molecule has 0 aromatic carbocycles. The van der Waals surface area contributed by atoms with E-state index in [1.807, 2.05) is 0 Å². The van der Waals surface area contributed by atoms with Gasteiger partial charge in [-0.2, -0.15) is 0 Å². The monoisotopic (exact) mass is 258 g/mol. The number of ether oxygens (including phenoxy) is 2. The minimum atomic E-state index is -0.588. The van der Waals surface area contributed by atoms with Gasteiger partial charge in [-0.3, -0.25) is 9.69 Å². The third kappa shape index (κ3) is 4.55. The maximum absolute atomic E-state index is 11.5. The molecule has 0 bridgehead atoms. The largest absolute Gasteiger partial charge is 0.465 e. The lowest BCUT2D eigenvalue weighted by molar-refractivity contribution is -0.182. The Bertz CT molecular complexity index is 287. The van der Waals surface area contributed by atoms with Crippen molar-refractivity contribution in [1.82, 2.24) is 4.90 Å². The van der Waals surface area contributed by atoms with Crippen LogP contribution in [0.15, 0.2) is 0 Å². The molecule has 5 nitrogen and oxygen atoms in total. The molecule has 106 valence electrons. The van der Waals surface area contributed by atoms with E-state index in [-0.39, 0.29) is 17.2 Å². The van der Waals surface area contributed by atoms with Crippen LogP contribution >= 0.6 is 0 Å². The van der Waals surface area contributed by atoms with E-state index in [0.29, 0.717) is 13.2 Å². The summed E-state index contributed by atoms with van der Waals surface area (Å²) >= 11 is 0. The summed E-state index contributed by atoms with van der Waals surface area (Å²) in [6, 6.07) is -0.588. The van der Waals surface area contributed by atoms with E-state index in [2.05, 4.69) is 32.6 Å². The van der Waals surface area contributed by atoms with Gasteiger partial charge in [0, 0.05) is 19.6 Å². The zero-order chi connectivity index (χ0) is 14.0. The minimum Gasteiger partial charge on any atom is -0.465 e. The second-order valence-corrected chi connectivity index (χ2v) is 6.15. The number of esters is 1. The fourth-order valence-corrected chi connectivity index (χ4v) is 2.68. The molecule has 5 heteroatoms. The Balaban J connectivity index is 2.59. The van der Waals surface area contributed by atoms with Crippen molar-refractivity contribution >= 4 is 5.97 Å². The van der Waals surface area contributed by atoms with Crippen LogP contribution in [0.3, 0.4) is 0 Å². The molecule has 0 aliphatic carbocycles. The Kier molecular flexibility index (Phi) is 4.75. The first-order valence-electron chi connectivity index (χ1n) is 6.50. The minimum absolute atomic E-state index is 0.226. The van der Waals surface area contributed by atoms with Crippen molar-refractivity contribution in [1.29, 1.82) is 0 Å². The van der Waals surface area contributed by atoms with Crippen molar-refractivity contribution in [2.45, 2.75) is 51.9 Å². The SMILES string of the molecule is CCOC(=O)C(N)CN1CC(C)(C)OC(C)(C)C1. The summed E-state index contributed by atoms with van der Waals surface area (Å²) in [6.45, 7) is 12.4. The molecular weight excluding hydrogens is 232 g/mol. The van der Waals surface area contributed by atoms with Crippen LogP contribution < -0.4 is 5.73 Å². The van der Waals surface area contributed by atoms with Crippen LogP contribution in [-0.4, -0.2) is 54.4 Å². The average Bonchev–Trinajstić information content (AvgIpc) is 2.12. The molecule has 0 saturated carbocycles. The Morgan fingerprint density at radius 3 is 2.28 bits per heavy atom. The first kappa shape index (κ1) is 15.4. The van der Waals surface area contributed by atoms with Crippen molar-refractivity contribution in [2.24, 2.45) is 5.73 Å². The normalized spacial score (nSPS) is 24.6. The van der Waals surface area contributed by atoms with E-state index < -0.39 is 6.04 Å². The highest BCUT2D eigenvalue weighted by Gasteiger charge is 2.38. The van der Waals surface area contributed by atoms with Crippen molar-refractivity contribution in [3.8, 4) is 0 Å². The van der Waals surface area contributed by atoms with Gasteiger partial charge in [0.2, 0.25) is 0 Å². The maximum Gasteiger partial charge on any atom is 0.324 e. The molecule has 1 unspecified atom stereocenters. The number of carbonyl (C=O) groups excluding carboxylic acids is 1. The third-order valence-electron chi connectivity index (χ3n) is 2.81. The predicted octanol–water partition coefficient (Wildman–Crippen LogP) is 0.766. The second-order valence-electron chi connectivity index (χ2n) is 6.15. The number of nitrogens with two attached hydrogens (primary N) is 1. The van der Waals surface area contributed by atoms with Gasteiger partial charge in [-0.15, -0.1) is 0 Å². The Labute approximate surface area is 110 Å². The fourth-order valence-electron chi connectivity index (χ4n) is 2.68. The molecule has 0 aromatic rings. The number of carbonyl (C=O) groups is 1. The van der Waals surface area contributed by atoms with Gasteiger partial charge in [0.05, 0.1) is 17.8 Å². The van der Waals surface area contributed by atoms with E-state index in [1.54, 1.807) is 6.92 Å². The van der Waals surface area contributed by atoms with Gasteiger partial charge in [-0.05, 0) is 34.6 Å². The molecule has 1 aliphatic heterocycles. The summed E-state index contributed by atoms with van der Waals surface area (Å²) < 4.78 is 10.9. The quantitative estimate of drug-likeness (QED) is 0.754. The molecular formula is C13H26N2O3. The van der Waals surface area contributed by atoms with Crippen LogP contribution in [0.5, 0.6) is 0 Å². The van der Waals surface area contributed by atoms with Crippen molar-refractivity contribution in [3.63, 3.8) is 0 Å². The lowest BCUT2D eigenvalue weighted by atomic mass is 9.98. The van der Waals surface area contributed by atoms with Crippen LogP contribution in [0.1, 0.15) is 34.6 Å². The molecule has 1 atom stereocenters. The third-order valence-corrected chi connectivity index (χ3v) is 2.81. The highest BCUT2D eigenvalue weighted by atomic mass is 16.5. The molecule has 0 spiro atoms. The number of hydrogen-bond donors (Lipinski definition) is 1. The summed E-state index contributed by atoms with van der Waals surface area (Å²) in [5, 5.41) is 0. The summed E-state index contributed by atoms with van der Waals surface area (Å²) in [5.74, 6) is -0.334. The predicted molar refractivity (Wildman–Crippen MR) is 70.3 cm³/mol. The summed E-state index contributed by atoms with van der Waals surface area (Å²) in [7, 11) is 0. The molecule has 0 amide bonds. The molecule has 0 aromatic heterocycles.